The van der Waals surface area contributed by atoms with Crippen molar-refractivity contribution in [3.63, 3.8) is 0 Å². The predicted molar refractivity (Wildman–Crippen MR) is 47.2 cm³/mol. The Morgan fingerprint density at radius 1 is 1.53 bits per heavy atom. The Hall–Kier alpha value is -2.19. The second-order valence-corrected chi connectivity index (χ2v) is 2.90. The molecule has 0 aromatic carbocycles. The fourth-order valence-electron chi connectivity index (χ4n) is 0.941. The maximum absolute atomic E-state index is 12.3. The Morgan fingerprint density at radius 2 is 2.12 bits per heavy atom. The van der Waals surface area contributed by atoms with Crippen LogP contribution in [0.25, 0.3) is 0 Å². The Labute approximate surface area is 92.2 Å². The molecule has 92 valence electrons. The third kappa shape index (κ3) is 3.13. The van der Waals surface area contributed by atoms with Crippen molar-refractivity contribution >= 4 is 11.7 Å². The number of pyridine rings is 1. The van der Waals surface area contributed by atoms with Crippen LogP contribution in [0, 0.1) is 10.1 Å². The fraction of sp³-hybridized carbons (Fsp3) is 0.250. The second-order valence-electron chi connectivity index (χ2n) is 2.90. The number of hydrogen-bond donors (Lipinski definition) is 0. The van der Waals surface area contributed by atoms with Gasteiger partial charge < -0.3 is 4.74 Å². The number of hydrogen-bond acceptors (Lipinski definition) is 5. The van der Waals surface area contributed by atoms with Gasteiger partial charge in [0.1, 0.15) is 0 Å². The van der Waals surface area contributed by atoms with Crippen molar-refractivity contribution in [2.45, 2.75) is 13.1 Å². The van der Waals surface area contributed by atoms with Gasteiger partial charge in [-0.15, -0.1) is 0 Å². The first-order valence-corrected chi connectivity index (χ1v) is 4.12. The van der Waals surface area contributed by atoms with E-state index in [0.717, 1.165) is 6.92 Å². The number of rotatable bonds is 2. The van der Waals surface area contributed by atoms with Gasteiger partial charge in [0, 0.05) is 19.2 Å². The quantitative estimate of drug-likeness (QED) is 0.455. The molecule has 0 radical (unpaired) electrons. The number of nitro groups is 1. The van der Waals surface area contributed by atoms with Gasteiger partial charge in [0.25, 0.3) is 0 Å². The number of carbonyl (C=O) groups excluding carboxylic acids is 1. The van der Waals surface area contributed by atoms with Crippen LogP contribution in [0.3, 0.4) is 0 Å². The number of carbonyl (C=O) groups is 1. The highest BCUT2D eigenvalue weighted by Crippen LogP contribution is 2.34. The van der Waals surface area contributed by atoms with Crippen LogP contribution in [0.15, 0.2) is 12.3 Å². The van der Waals surface area contributed by atoms with E-state index in [1.165, 1.54) is 0 Å². The Morgan fingerprint density at radius 3 is 2.53 bits per heavy atom. The molecule has 0 fully saturated rings. The zero-order valence-corrected chi connectivity index (χ0v) is 8.32. The average Bonchev–Trinajstić information content (AvgIpc) is 2.15. The highest BCUT2D eigenvalue weighted by Gasteiger charge is 2.34. The fourth-order valence-corrected chi connectivity index (χ4v) is 0.941. The molecule has 1 aromatic rings. The van der Waals surface area contributed by atoms with Gasteiger partial charge in [-0.25, -0.2) is 4.98 Å². The van der Waals surface area contributed by atoms with Crippen LogP contribution in [-0.4, -0.2) is 15.9 Å². The third-order valence-electron chi connectivity index (χ3n) is 1.60. The molecule has 17 heavy (non-hydrogen) atoms. The maximum atomic E-state index is 12.3. The van der Waals surface area contributed by atoms with Crippen molar-refractivity contribution < 1.29 is 27.6 Å². The first-order chi connectivity index (χ1) is 7.71. The molecule has 1 aromatic heterocycles. The molecular weight excluding hydrogens is 245 g/mol. The van der Waals surface area contributed by atoms with E-state index in [1.54, 1.807) is 0 Å². The van der Waals surface area contributed by atoms with E-state index in [2.05, 4.69) is 9.72 Å². The van der Waals surface area contributed by atoms with Gasteiger partial charge in [0.15, 0.2) is 0 Å². The molecule has 0 N–H and O–H groups in total. The number of aromatic nitrogens is 1. The van der Waals surface area contributed by atoms with Crippen LogP contribution in [0.4, 0.5) is 18.9 Å². The van der Waals surface area contributed by atoms with Crippen molar-refractivity contribution in [3.8, 4) is 5.88 Å². The van der Waals surface area contributed by atoms with E-state index in [9.17, 15) is 28.1 Å². The Balaban J connectivity index is 3.27. The number of halogens is 3. The lowest BCUT2D eigenvalue weighted by Gasteiger charge is -2.07. The highest BCUT2D eigenvalue weighted by atomic mass is 19.4. The van der Waals surface area contributed by atoms with Crippen molar-refractivity contribution in [2.75, 3.05) is 0 Å². The molecule has 0 spiro atoms. The minimum atomic E-state index is -4.76. The van der Waals surface area contributed by atoms with E-state index in [-0.39, 0.29) is 6.07 Å². The summed E-state index contributed by atoms with van der Waals surface area (Å²) in [4.78, 5) is 23.0. The van der Waals surface area contributed by atoms with Crippen LogP contribution in [0.2, 0.25) is 0 Å². The summed E-state index contributed by atoms with van der Waals surface area (Å²) in [6, 6.07) is 0.255. The van der Waals surface area contributed by atoms with Gasteiger partial charge in [0.2, 0.25) is 0 Å². The van der Waals surface area contributed by atoms with E-state index in [4.69, 9.17) is 0 Å². The summed E-state index contributed by atoms with van der Waals surface area (Å²) in [5, 5.41) is 10.5. The summed E-state index contributed by atoms with van der Waals surface area (Å²) < 4.78 is 41.1. The summed E-state index contributed by atoms with van der Waals surface area (Å²) in [5.74, 6) is -1.68. The molecule has 0 unspecified atom stereocenters. The third-order valence-corrected chi connectivity index (χ3v) is 1.60. The average molecular weight is 250 g/mol. The molecule has 9 heteroatoms. The first-order valence-electron chi connectivity index (χ1n) is 4.12. The van der Waals surface area contributed by atoms with E-state index < -0.39 is 34.2 Å². The van der Waals surface area contributed by atoms with Crippen molar-refractivity contribution in [1.82, 2.24) is 4.98 Å². The second kappa shape index (κ2) is 4.36. The Bertz CT molecular complexity index is 472. The van der Waals surface area contributed by atoms with Gasteiger partial charge in [-0.1, -0.05) is 0 Å². The van der Waals surface area contributed by atoms with E-state index in [1.807, 2.05) is 0 Å². The number of esters is 1. The molecule has 0 aliphatic carbocycles. The van der Waals surface area contributed by atoms with Gasteiger partial charge >= 0.3 is 23.7 Å². The normalized spacial score (nSPS) is 11.1. The largest absolute Gasteiger partial charge is 0.418 e. The summed E-state index contributed by atoms with van der Waals surface area (Å²) >= 11 is 0. The molecule has 6 nitrogen and oxygen atoms in total. The number of ether oxygens (including phenoxy) is 1. The zero-order valence-electron chi connectivity index (χ0n) is 8.32. The van der Waals surface area contributed by atoms with Crippen molar-refractivity contribution in [1.29, 1.82) is 0 Å². The van der Waals surface area contributed by atoms with Gasteiger partial charge in [0.05, 0.1) is 10.5 Å². The minimum absolute atomic E-state index is 0.255. The summed E-state index contributed by atoms with van der Waals surface area (Å²) in [5.41, 5.74) is -2.31. The molecule has 0 aliphatic rings. The smallest absolute Gasteiger partial charge is 0.401 e. The zero-order chi connectivity index (χ0) is 13.2. The van der Waals surface area contributed by atoms with Crippen LogP contribution >= 0.6 is 0 Å². The first kappa shape index (κ1) is 12.9. The van der Waals surface area contributed by atoms with Crippen LogP contribution in [0.5, 0.6) is 5.88 Å². The molecule has 0 atom stereocenters. The lowest BCUT2D eigenvalue weighted by Crippen LogP contribution is -2.10. The number of alkyl halides is 3. The molecule has 1 rings (SSSR count). The van der Waals surface area contributed by atoms with Gasteiger partial charge in [-0.2, -0.15) is 13.2 Å². The summed E-state index contributed by atoms with van der Waals surface area (Å²) in [6.45, 7) is 0.947. The van der Waals surface area contributed by atoms with Crippen LogP contribution < -0.4 is 4.74 Å². The van der Waals surface area contributed by atoms with Crippen LogP contribution in [-0.2, 0) is 11.0 Å². The molecule has 1 heterocycles. The summed E-state index contributed by atoms with van der Waals surface area (Å²) in [6.07, 6.45) is -4.40. The van der Waals surface area contributed by atoms with Crippen LogP contribution in [0.1, 0.15) is 12.5 Å². The van der Waals surface area contributed by atoms with Gasteiger partial charge in [-0.3, -0.25) is 14.9 Å². The van der Waals surface area contributed by atoms with Crippen molar-refractivity contribution in [2.24, 2.45) is 0 Å². The molecule has 0 bridgehead atoms. The predicted octanol–water partition coefficient (Wildman–Crippen LogP) is 1.93. The highest BCUT2D eigenvalue weighted by molar-refractivity contribution is 5.70. The lowest BCUT2D eigenvalue weighted by molar-refractivity contribution is -0.386. The van der Waals surface area contributed by atoms with E-state index >= 15 is 0 Å². The molecule has 0 amide bonds. The summed E-state index contributed by atoms with van der Waals surface area (Å²) in [7, 11) is 0. The number of nitrogens with zero attached hydrogens (tertiary/aromatic N) is 2. The minimum Gasteiger partial charge on any atom is -0.401 e. The van der Waals surface area contributed by atoms with Gasteiger partial charge in [-0.05, 0) is 0 Å². The molecule has 0 aliphatic heterocycles. The molecule has 0 saturated heterocycles. The molecule has 0 saturated carbocycles. The standard InChI is InChI=1S/C8H5F3N2O4/c1-4(14)17-7-6(13(15)16)2-5(3-12-7)8(9,10)11/h2-3H,1H3. The lowest BCUT2D eigenvalue weighted by atomic mass is 10.2. The van der Waals surface area contributed by atoms with Crippen molar-refractivity contribution in [3.05, 3.63) is 27.9 Å². The monoisotopic (exact) mass is 250 g/mol. The Kier molecular flexibility index (Phi) is 3.30. The topological polar surface area (TPSA) is 82.3 Å². The molecular formula is C8H5F3N2O4. The maximum Gasteiger partial charge on any atom is 0.418 e. The SMILES string of the molecule is CC(=O)Oc1ncc(C(F)(F)F)cc1[N+](=O)[O-]. The van der Waals surface area contributed by atoms with E-state index in [0.29, 0.717) is 6.20 Å².